The van der Waals surface area contributed by atoms with Gasteiger partial charge in [-0.3, -0.25) is 14.5 Å². The molecule has 0 spiro atoms. The number of carboxylic acids is 1. The second kappa shape index (κ2) is 8.34. The number of amides is 3. The molecule has 3 rings (SSSR count). The van der Waals surface area contributed by atoms with Crippen LogP contribution < -0.4 is 10.2 Å². The third-order valence-electron chi connectivity index (χ3n) is 4.68. The summed E-state index contributed by atoms with van der Waals surface area (Å²) in [5, 5.41) is 11.6. The molecule has 3 amide bonds. The zero-order chi connectivity index (χ0) is 19.4. The Morgan fingerprint density at radius 1 is 1.41 bits per heavy atom. The molecule has 2 aliphatic rings. The Labute approximate surface area is 155 Å². The molecule has 0 aliphatic carbocycles. The molecule has 1 aromatic rings. The number of hydrogen-bond acceptors (Lipinski definition) is 4. The Balaban J connectivity index is 1.82. The number of nitrogens with zero attached hydrogens (tertiary/aromatic N) is 2. The van der Waals surface area contributed by atoms with Crippen molar-refractivity contribution in [3.05, 3.63) is 29.6 Å². The summed E-state index contributed by atoms with van der Waals surface area (Å²) in [6, 6.07) is 3.63. The lowest BCUT2D eigenvalue weighted by molar-refractivity contribution is -0.137. The van der Waals surface area contributed by atoms with E-state index in [1.54, 1.807) is 0 Å². The lowest BCUT2D eigenvalue weighted by Gasteiger charge is -2.26. The first-order valence-electron chi connectivity index (χ1n) is 8.93. The largest absolute Gasteiger partial charge is 0.481 e. The molecule has 0 saturated carbocycles. The molecular weight excluding hydrogens is 357 g/mol. The predicted octanol–water partition coefficient (Wildman–Crippen LogP) is 1.45. The van der Waals surface area contributed by atoms with Crippen molar-refractivity contribution < 1.29 is 28.6 Å². The van der Waals surface area contributed by atoms with E-state index in [1.807, 2.05) is 0 Å². The first-order valence-corrected chi connectivity index (χ1v) is 8.93. The van der Waals surface area contributed by atoms with Gasteiger partial charge in [0.15, 0.2) is 0 Å². The lowest BCUT2D eigenvalue weighted by atomic mass is 10.1. The molecule has 9 heteroatoms. The van der Waals surface area contributed by atoms with Crippen molar-refractivity contribution in [2.45, 2.75) is 25.4 Å². The fourth-order valence-electron chi connectivity index (χ4n) is 3.27. The van der Waals surface area contributed by atoms with Crippen molar-refractivity contribution in [1.82, 2.24) is 10.2 Å². The molecule has 0 aromatic heterocycles. The summed E-state index contributed by atoms with van der Waals surface area (Å²) in [6.07, 6.45) is 1.22. The molecule has 2 aliphatic heterocycles. The number of rotatable bonds is 7. The average Bonchev–Trinajstić information content (AvgIpc) is 3.30. The Morgan fingerprint density at radius 3 is 2.85 bits per heavy atom. The number of carbonyl (C=O) groups excluding carboxylic acids is 2. The summed E-state index contributed by atoms with van der Waals surface area (Å²) in [6.45, 7) is 1.67. The maximum atomic E-state index is 14.4. The number of ether oxygens (including phenoxy) is 1. The second-order valence-electron chi connectivity index (χ2n) is 6.58. The van der Waals surface area contributed by atoms with E-state index in [1.165, 1.54) is 21.9 Å². The number of carbonyl (C=O) groups is 3. The van der Waals surface area contributed by atoms with Crippen LogP contribution in [-0.4, -0.2) is 66.8 Å². The van der Waals surface area contributed by atoms with Gasteiger partial charge in [0.25, 0.3) is 5.91 Å². The van der Waals surface area contributed by atoms with Gasteiger partial charge in [-0.15, -0.1) is 0 Å². The SMILES string of the molecule is O=C(O)CCN(CC1CCCO1)C(=O)c1cc(N2CCNC2=O)ccc1F. The van der Waals surface area contributed by atoms with Gasteiger partial charge in [-0.1, -0.05) is 0 Å². The van der Waals surface area contributed by atoms with Crippen molar-refractivity contribution in [3.8, 4) is 0 Å². The van der Waals surface area contributed by atoms with Gasteiger partial charge in [0.05, 0.1) is 18.1 Å². The van der Waals surface area contributed by atoms with Crippen LogP contribution >= 0.6 is 0 Å². The van der Waals surface area contributed by atoms with Gasteiger partial charge in [-0.05, 0) is 31.0 Å². The Morgan fingerprint density at radius 2 is 2.22 bits per heavy atom. The Bertz CT molecular complexity index is 736. The van der Waals surface area contributed by atoms with Crippen molar-refractivity contribution >= 4 is 23.6 Å². The van der Waals surface area contributed by atoms with Crippen LogP contribution in [0.4, 0.5) is 14.9 Å². The third kappa shape index (κ3) is 4.54. The summed E-state index contributed by atoms with van der Waals surface area (Å²) in [7, 11) is 0. The van der Waals surface area contributed by atoms with Crippen LogP contribution in [0.5, 0.6) is 0 Å². The molecule has 2 heterocycles. The first-order chi connectivity index (χ1) is 13.0. The van der Waals surface area contributed by atoms with Crippen molar-refractivity contribution in [2.24, 2.45) is 0 Å². The normalized spacial score (nSPS) is 19.2. The average molecular weight is 379 g/mol. The van der Waals surface area contributed by atoms with Crippen LogP contribution in [0.2, 0.25) is 0 Å². The summed E-state index contributed by atoms with van der Waals surface area (Å²) >= 11 is 0. The summed E-state index contributed by atoms with van der Waals surface area (Å²) in [4.78, 5) is 38.4. The highest BCUT2D eigenvalue weighted by molar-refractivity contribution is 5.98. The van der Waals surface area contributed by atoms with Gasteiger partial charge in [0.1, 0.15) is 5.82 Å². The fraction of sp³-hybridized carbons (Fsp3) is 0.500. The molecule has 1 atom stereocenters. The predicted molar refractivity (Wildman–Crippen MR) is 94.3 cm³/mol. The molecule has 1 aromatic carbocycles. The summed E-state index contributed by atoms with van der Waals surface area (Å²) in [5.41, 5.74) is 0.237. The van der Waals surface area contributed by atoms with Crippen LogP contribution in [-0.2, 0) is 9.53 Å². The number of anilines is 1. The number of carboxylic acid groups (broad SMARTS) is 1. The summed E-state index contributed by atoms with van der Waals surface area (Å²) in [5.74, 6) is -2.36. The number of benzene rings is 1. The van der Waals surface area contributed by atoms with Crippen molar-refractivity contribution in [1.29, 1.82) is 0 Å². The van der Waals surface area contributed by atoms with Crippen molar-refractivity contribution in [2.75, 3.05) is 37.7 Å². The smallest absolute Gasteiger partial charge is 0.321 e. The molecule has 2 fully saturated rings. The minimum Gasteiger partial charge on any atom is -0.481 e. The number of aliphatic carboxylic acids is 1. The van der Waals surface area contributed by atoms with E-state index >= 15 is 0 Å². The Kier molecular flexibility index (Phi) is 5.90. The standard InChI is InChI=1S/C18H22FN3O5/c19-15-4-3-12(22-8-6-20-18(22)26)10-14(15)17(25)21(7-5-16(23)24)11-13-2-1-9-27-13/h3-4,10,13H,1-2,5-9,11H2,(H,20,26)(H,23,24). The van der Waals surface area contributed by atoms with E-state index < -0.39 is 17.7 Å². The van der Waals surface area contributed by atoms with E-state index in [2.05, 4.69) is 5.32 Å². The van der Waals surface area contributed by atoms with Crippen molar-refractivity contribution in [3.63, 3.8) is 0 Å². The quantitative estimate of drug-likeness (QED) is 0.747. The highest BCUT2D eigenvalue weighted by atomic mass is 19.1. The zero-order valence-electron chi connectivity index (χ0n) is 14.8. The van der Waals surface area contributed by atoms with Crippen LogP contribution in [0.1, 0.15) is 29.6 Å². The maximum Gasteiger partial charge on any atom is 0.321 e. The van der Waals surface area contributed by atoms with Gasteiger partial charge in [-0.25, -0.2) is 9.18 Å². The van der Waals surface area contributed by atoms with Crippen LogP contribution in [0.25, 0.3) is 0 Å². The topological polar surface area (TPSA) is 99.2 Å². The number of hydrogen-bond donors (Lipinski definition) is 2. The summed E-state index contributed by atoms with van der Waals surface area (Å²) < 4.78 is 19.9. The minimum absolute atomic E-state index is 0.0398. The number of nitrogens with one attached hydrogen (secondary N) is 1. The lowest BCUT2D eigenvalue weighted by Crippen LogP contribution is -2.39. The Hall–Kier alpha value is -2.68. The van der Waals surface area contributed by atoms with Gasteiger partial charge in [0.2, 0.25) is 0 Å². The van der Waals surface area contributed by atoms with E-state index in [0.29, 0.717) is 25.4 Å². The molecule has 146 valence electrons. The van der Waals surface area contributed by atoms with Gasteiger partial charge < -0.3 is 20.1 Å². The van der Waals surface area contributed by atoms with E-state index in [0.717, 1.165) is 18.9 Å². The van der Waals surface area contributed by atoms with Crippen LogP contribution in [0, 0.1) is 5.82 Å². The van der Waals surface area contributed by atoms with E-state index in [4.69, 9.17) is 9.84 Å². The van der Waals surface area contributed by atoms with Crippen LogP contribution in [0.15, 0.2) is 18.2 Å². The third-order valence-corrected chi connectivity index (χ3v) is 4.68. The molecule has 27 heavy (non-hydrogen) atoms. The molecular formula is C18H22FN3O5. The molecule has 8 nitrogen and oxygen atoms in total. The first kappa shape index (κ1) is 19.1. The van der Waals surface area contributed by atoms with Crippen LogP contribution in [0.3, 0.4) is 0 Å². The molecule has 0 radical (unpaired) electrons. The monoisotopic (exact) mass is 379 g/mol. The molecule has 2 saturated heterocycles. The van der Waals surface area contributed by atoms with Gasteiger partial charge in [-0.2, -0.15) is 0 Å². The maximum absolute atomic E-state index is 14.4. The highest BCUT2D eigenvalue weighted by Crippen LogP contribution is 2.23. The fourth-order valence-corrected chi connectivity index (χ4v) is 3.27. The van der Waals surface area contributed by atoms with E-state index in [9.17, 15) is 18.8 Å². The minimum atomic E-state index is -1.04. The molecule has 2 N–H and O–H groups in total. The molecule has 0 bridgehead atoms. The molecule has 1 unspecified atom stereocenters. The van der Waals surface area contributed by atoms with Gasteiger partial charge in [0, 0.05) is 38.5 Å². The number of halogens is 1. The number of urea groups is 1. The van der Waals surface area contributed by atoms with Gasteiger partial charge >= 0.3 is 12.0 Å². The highest BCUT2D eigenvalue weighted by Gasteiger charge is 2.27. The second-order valence-corrected chi connectivity index (χ2v) is 6.58. The zero-order valence-corrected chi connectivity index (χ0v) is 14.8. The van der Waals surface area contributed by atoms with E-state index in [-0.39, 0.29) is 37.2 Å².